The Kier molecular flexibility index (Phi) is 8.98. The van der Waals surface area contributed by atoms with Gasteiger partial charge in [-0.05, 0) is 42.0 Å². The maximum absolute atomic E-state index is 15.2. The van der Waals surface area contributed by atoms with Crippen LogP contribution in [-0.2, 0) is 19.8 Å². The Hall–Kier alpha value is -4.32. The first-order valence-electron chi connectivity index (χ1n) is 11.9. The first-order chi connectivity index (χ1) is 18.5. The second-order valence-electron chi connectivity index (χ2n) is 8.46. The van der Waals surface area contributed by atoms with Crippen molar-refractivity contribution in [1.82, 2.24) is 5.32 Å². The molecule has 4 rings (SSSR count). The Bertz CT molecular complexity index is 1450. The minimum absolute atomic E-state index is 0.0114. The Balaban J connectivity index is 1.53. The molecule has 2 N–H and O–H groups in total. The van der Waals surface area contributed by atoms with E-state index in [1.165, 1.54) is 12.1 Å². The molecule has 0 atom stereocenters. The number of ether oxygens (including phenoxy) is 2. The summed E-state index contributed by atoms with van der Waals surface area (Å²) >= 11 is 0. The number of benzene rings is 4. The summed E-state index contributed by atoms with van der Waals surface area (Å²) in [4.78, 5) is 0. The van der Waals surface area contributed by atoms with Gasteiger partial charge >= 0.3 is 0 Å². The van der Waals surface area contributed by atoms with Gasteiger partial charge in [-0.15, -0.1) is 0 Å². The van der Waals surface area contributed by atoms with Gasteiger partial charge in [-0.3, -0.25) is 0 Å². The second kappa shape index (κ2) is 12.8. The summed E-state index contributed by atoms with van der Waals surface area (Å²) < 4.78 is 55.0. The van der Waals surface area contributed by atoms with Crippen LogP contribution in [0.4, 0.5) is 13.2 Å². The molecule has 0 saturated heterocycles. The standard InChI is InChI=1S/C30H25F3N2O3/c31-24-8-10-28(32)27(14-24)26-6-2-5-23(30(26)33)19-37-25-9-7-22(17-35-11-12-36)29(15-25)38-18-21-4-1-3-20(13-21)16-34/h1-10,13-15,35-36H,11-12,17-19H2. The van der Waals surface area contributed by atoms with Gasteiger partial charge in [-0.2, -0.15) is 5.26 Å². The fourth-order valence-electron chi connectivity index (χ4n) is 3.86. The molecule has 0 aliphatic carbocycles. The molecular weight excluding hydrogens is 493 g/mol. The number of nitrogens with zero attached hydrogens (tertiary/aromatic N) is 1. The highest BCUT2D eigenvalue weighted by Gasteiger charge is 2.15. The van der Waals surface area contributed by atoms with Gasteiger partial charge in [0.25, 0.3) is 0 Å². The van der Waals surface area contributed by atoms with Crippen LogP contribution in [0.25, 0.3) is 11.1 Å². The molecule has 4 aromatic rings. The Morgan fingerprint density at radius 3 is 2.47 bits per heavy atom. The average Bonchev–Trinajstić information content (AvgIpc) is 2.93. The molecule has 0 fully saturated rings. The van der Waals surface area contributed by atoms with Crippen LogP contribution in [0.5, 0.6) is 11.5 Å². The minimum Gasteiger partial charge on any atom is -0.489 e. The monoisotopic (exact) mass is 518 g/mol. The van der Waals surface area contributed by atoms with Crippen LogP contribution in [-0.4, -0.2) is 18.3 Å². The summed E-state index contributed by atoms with van der Waals surface area (Å²) in [5.74, 6) is -1.15. The van der Waals surface area contributed by atoms with Gasteiger partial charge in [0.1, 0.15) is 42.2 Å². The Labute approximate surface area is 218 Å². The van der Waals surface area contributed by atoms with Crippen molar-refractivity contribution in [2.45, 2.75) is 19.8 Å². The van der Waals surface area contributed by atoms with Gasteiger partial charge in [0, 0.05) is 41.4 Å². The third-order valence-electron chi connectivity index (χ3n) is 5.78. The molecular formula is C30H25F3N2O3. The molecule has 194 valence electrons. The number of hydrogen-bond donors (Lipinski definition) is 2. The smallest absolute Gasteiger partial charge is 0.137 e. The first-order valence-corrected chi connectivity index (χ1v) is 11.9. The quantitative estimate of drug-likeness (QED) is 0.243. The molecule has 0 aliphatic rings. The van der Waals surface area contributed by atoms with E-state index in [2.05, 4.69) is 11.4 Å². The molecule has 4 aromatic carbocycles. The molecule has 0 radical (unpaired) electrons. The number of rotatable bonds is 11. The van der Waals surface area contributed by atoms with E-state index in [1.807, 2.05) is 6.07 Å². The van der Waals surface area contributed by atoms with E-state index in [0.29, 0.717) is 30.2 Å². The number of nitrogens with one attached hydrogen (secondary N) is 1. The normalized spacial score (nSPS) is 10.7. The molecule has 0 amide bonds. The summed E-state index contributed by atoms with van der Waals surface area (Å²) in [7, 11) is 0. The summed E-state index contributed by atoms with van der Waals surface area (Å²) in [5.41, 5.74) is 2.11. The number of aliphatic hydroxyl groups excluding tert-OH is 1. The zero-order valence-electron chi connectivity index (χ0n) is 20.4. The van der Waals surface area contributed by atoms with Gasteiger partial charge < -0.3 is 19.9 Å². The van der Waals surface area contributed by atoms with Crippen molar-refractivity contribution in [2.24, 2.45) is 0 Å². The SMILES string of the molecule is N#Cc1cccc(COc2cc(OCc3cccc(-c4cc(F)ccc4F)c3F)ccc2CNCCO)c1. The van der Waals surface area contributed by atoms with Crippen molar-refractivity contribution >= 4 is 0 Å². The van der Waals surface area contributed by atoms with Crippen LogP contribution in [0, 0.1) is 28.8 Å². The lowest BCUT2D eigenvalue weighted by atomic mass is 10.0. The topological polar surface area (TPSA) is 74.5 Å². The predicted molar refractivity (Wildman–Crippen MR) is 137 cm³/mol. The summed E-state index contributed by atoms with van der Waals surface area (Å²) in [6.07, 6.45) is 0. The van der Waals surface area contributed by atoms with Crippen molar-refractivity contribution in [2.75, 3.05) is 13.2 Å². The lowest BCUT2D eigenvalue weighted by molar-refractivity contribution is 0.281. The number of aliphatic hydroxyl groups is 1. The van der Waals surface area contributed by atoms with Crippen molar-refractivity contribution in [1.29, 1.82) is 5.26 Å². The van der Waals surface area contributed by atoms with Crippen LogP contribution < -0.4 is 14.8 Å². The van der Waals surface area contributed by atoms with Gasteiger partial charge in [0.2, 0.25) is 0 Å². The highest BCUT2D eigenvalue weighted by molar-refractivity contribution is 5.65. The van der Waals surface area contributed by atoms with E-state index in [-0.39, 0.29) is 36.5 Å². The Morgan fingerprint density at radius 2 is 1.66 bits per heavy atom. The Morgan fingerprint density at radius 1 is 0.816 bits per heavy atom. The second-order valence-corrected chi connectivity index (χ2v) is 8.46. The van der Waals surface area contributed by atoms with Crippen LogP contribution >= 0.6 is 0 Å². The summed E-state index contributed by atoms with van der Waals surface area (Å²) in [6, 6.07) is 21.7. The van der Waals surface area contributed by atoms with E-state index < -0.39 is 17.5 Å². The van der Waals surface area contributed by atoms with E-state index in [0.717, 1.165) is 29.3 Å². The van der Waals surface area contributed by atoms with Gasteiger partial charge in [0.15, 0.2) is 0 Å². The van der Waals surface area contributed by atoms with Crippen LogP contribution in [0.15, 0.2) is 78.9 Å². The zero-order chi connectivity index (χ0) is 26.9. The van der Waals surface area contributed by atoms with Crippen molar-refractivity contribution in [3.05, 3.63) is 119 Å². The third kappa shape index (κ3) is 6.71. The summed E-state index contributed by atoms with van der Waals surface area (Å²) in [6.45, 7) is 0.889. The number of hydrogen-bond acceptors (Lipinski definition) is 5. The molecule has 0 aliphatic heterocycles. The summed E-state index contributed by atoms with van der Waals surface area (Å²) in [5, 5.41) is 21.3. The van der Waals surface area contributed by atoms with Crippen LogP contribution in [0.1, 0.15) is 22.3 Å². The predicted octanol–water partition coefficient (Wildman–Crippen LogP) is 5.88. The largest absolute Gasteiger partial charge is 0.489 e. The number of nitriles is 1. The highest BCUT2D eigenvalue weighted by Crippen LogP contribution is 2.30. The van der Waals surface area contributed by atoms with E-state index in [9.17, 15) is 8.78 Å². The molecule has 0 spiro atoms. The molecule has 0 saturated carbocycles. The molecule has 0 bridgehead atoms. The molecule has 0 unspecified atom stereocenters. The molecule has 38 heavy (non-hydrogen) atoms. The van der Waals surface area contributed by atoms with Gasteiger partial charge in [-0.1, -0.05) is 36.4 Å². The maximum atomic E-state index is 15.2. The first kappa shape index (κ1) is 26.7. The van der Waals surface area contributed by atoms with E-state index in [4.69, 9.17) is 19.8 Å². The molecule has 0 heterocycles. The van der Waals surface area contributed by atoms with Gasteiger partial charge in [0.05, 0.1) is 18.2 Å². The average molecular weight is 519 g/mol. The van der Waals surface area contributed by atoms with Crippen molar-refractivity contribution < 1.29 is 27.8 Å². The highest BCUT2D eigenvalue weighted by atomic mass is 19.1. The third-order valence-corrected chi connectivity index (χ3v) is 5.78. The molecule has 5 nitrogen and oxygen atoms in total. The lowest BCUT2D eigenvalue weighted by Gasteiger charge is -2.15. The van der Waals surface area contributed by atoms with Gasteiger partial charge in [-0.25, -0.2) is 13.2 Å². The lowest BCUT2D eigenvalue weighted by Crippen LogP contribution is -2.18. The van der Waals surface area contributed by atoms with Crippen LogP contribution in [0.2, 0.25) is 0 Å². The fourth-order valence-corrected chi connectivity index (χ4v) is 3.86. The zero-order valence-corrected chi connectivity index (χ0v) is 20.4. The number of halogens is 3. The molecule has 8 heteroatoms. The van der Waals surface area contributed by atoms with E-state index >= 15 is 4.39 Å². The maximum Gasteiger partial charge on any atom is 0.137 e. The van der Waals surface area contributed by atoms with Crippen molar-refractivity contribution in [3.63, 3.8) is 0 Å². The van der Waals surface area contributed by atoms with E-state index in [1.54, 1.807) is 42.5 Å². The molecule has 0 aromatic heterocycles. The van der Waals surface area contributed by atoms with Crippen molar-refractivity contribution in [3.8, 4) is 28.7 Å². The van der Waals surface area contributed by atoms with Crippen LogP contribution in [0.3, 0.4) is 0 Å². The fraction of sp³-hybridized carbons (Fsp3) is 0.167. The minimum atomic E-state index is -0.726.